The molecule has 1 aromatic rings. The molecule has 0 amide bonds. The quantitative estimate of drug-likeness (QED) is 0.705. The first kappa shape index (κ1) is 15.6. The minimum atomic E-state index is 0.438. The van der Waals surface area contributed by atoms with Crippen molar-refractivity contribution in [3.8, 4) is 0 Å². The van der Waals surface area contributed by atoms with Gasteiger partial charge in [-0.25, -0.2) is 0 Å². The summed E-state index contributed by atoms with van der Waals surface area (Å²) >= 11 is 2.00. The van der Waals surface area contributed by atoms with E-state index in [1.807, 2.05) is 11.8 Å². The van der Waals surface area contributed by atoms with E-state index in [0.717, 1.165) is 6.54 Å². The van der Waals surface area contributed by atoms with Crippen molar-refractivity contribution in [1.82, 2.24) is 5.32 Å². The number of hydrogen-bond donors (Lipinski definition) is 1. The predicted molar refractivity (Wildman–Crippen MR) is 83.3 cm³/mol. The van der Waals surface area contributed by atoms with Crippen molar-refractivity contribution in [2.75, 3.05) is 6.54 Å². The zero-order valence-corrected chi connectivity index (χ0v) is 13.2. The molecular weight excluding hydrogens is 238 g/mol. The maximum Gasteiger partial charge on any atom is 0.0302 e. The largest absolute Gasteiger partial charge is 0.310 e. The van der Waals surface area contributed by atoms with Gasteiger partial charge in [-0.1, -0.05) is 45.9 Å². The summed E-state index contributed by atoms with van der Waals surface area (Å²) in [6, 6.07) is 9.23. The highest BCUT2D eigenvalue weighted by atomic mass is 32.2. The summed E-state index contributed by atoms with van der Waals surface area (Å²) in [7, 11) is 0. The molecule has 1 nitrogen and oxygen atoms in total. The molecule has 1 aromatic carbocycles. The monoisotopic (exact) mass is 265 g/mol. The van der Waals surface area contributed by atoms with Gasteiger partial charge in [0.2, 0.25) is 0 Å². The Kier molecular flexibility index (Phi) is 6.80. The second-order valence-electron chi connectivity index (χ2n) is 5.28. The average Bonchev–Trinajstić information content (AvgIpc) is 2.36. The zero-order chi connectivity index (χ0) is 13.5. The standard InChI is InChI=1S/C16H27NS/c1-6-11-17-13(4)15-9-7-8-10-16(15)18-14(5)12(2)3/h7-10,12-14,17H,6,11H2,1-5H3. The molecule has 0 aliphatic rings. The van der Waals surface area contributed by atoms with E-state index in [1.165, 1.54) is 16.9 Å². The molecule has 0 aliphatic heterocycles. The van der Waals surface area contributed by atoms with Crippen molar-refractivity contribution < 1.29 is 0 Å². The molecule has 0 radical (unpaired) electrons. The van der Waals surface area contributed by atoms with Gasteiger partial charge in [0.25, 0.3) is 0 Å². The molecule has 0 bridgehead atoms. The molecule has 1 N–H and O–H groups in total. The Balaban J connectivity index is 2.78. The third-order valence-electron chi connectivity index (χ3n) is 3.34. The van der Waals surface area contributed by atoms with Crippen LogP contribution >= 0.6 is 11.8 Å². The molecule has 2 unspecified atom stereocenters. The minimum Gasteiger partial charge on any atom is -0.310 e. The SMILES string of the molecule is CCCNC(C)c1ccccc1SC(C)C(C)C. The van der Waals surface area contributed by atoms with Gasteiger partial charge < -0.3 is 5.32 Å². The molecule has 2 atom stereocenters. The van der Waals surface area contributed by atoms with Gasteiger partial charge >= 0.3 is 0 Å². The van der Waals surface area contributed by atoms with Gasteiger partial charge in [0.05, 0.1) is 0 Å². The molecule has 0 aliphatic carbocycles. The Morgan fingerprint density at radius 3 is 2.39 bits per heavy atom. The summed E-state index contributed by atoms with van der Waals surface area (Å²) in [5.41, 5.74) is 1.43. The van der Waals surface area contributed by atoms with Crippen LogP contribution in [-0.2, 0) is 0 Å². The lowest BCUT2D eigenvalue weighted by Crippen LogP contribution is -2.20. The Morgan fingerprint density at radius 2 is 1.78 bits per heavy atom. The number of nitrogens with one attached hydrogen (secondary N) is 1. The van der Waals surface area contributed by atoms with E-state index in [9.17, 15) is 0 Å². The fourth-order valence-corrected chi connectivity index (χ4v) is 2.96. The highest BCUT2D eigenvalue weighted by Crippen LogP contribution is 2.33. The third-order valence-corrected chi connectivity index (χ3v) is 4.88. The molecule has 0 saturated heterocycles. The van der Waals surface area contributed by atoms with Crippen LogP contribution in [0.3, 0.4) is 0 Å². The van der Waals surface area contributed by atoms with Gasteiger partial charge in [-0.2, -0.15) is 0 Å². The Labute approximate surface area is 117 Å². The second-order valence-corrected chi connectivity index (χ2v) is 6.70. The fraction of sp³-hybridized carbons (Fsp3) is 0.625. The summed E-state index contributed by atoms with van der Waals surface area (Å²) < 4.78 is 0. The molecule has 18 heavy (non-hydrogen) atoms. The van der Waals surface area contributed by atoms with Crippen LogP contribution in [0.1, 0.15) is 52.6 Å². The molecule has 0 spiro atoms. The van der Waals surface area contributed by atoms with Crippen LogP contribution in [0.15, 0.2) is 29.2 Å². The Bertz CT molecular complexity index is 349. The molecule has 0 saturated carbocycles. The van der Waals surface area contributed by atoms with Crippen LogP contribution in [0.4, 0.5) is 0 Å². The van der Waals surface area contributed by atoms with Crippen molar-refractivity contribution in [2.45, 2.75) is 57.2 Å². The van der Waals surface area contributed by atoms with Crippen molar-refractivity contribution >= 4 is 11.8 Å². The molecule has 1 rings (SSSR count). The zero-order valence-electron chi connectivity index (χ0n) is 12.4. The van der Waals surface area contributed by atoms with Crippen molar-refractivity contribution in [1.29, 1.82) is 0 Å². The second kappa shape index (κ2) is 7.85. The van der Waals surface area contributed by atoms with E-state index in [1.54, 1.807) is 0 Å². The number of thioether (sulfide) groups is 1. The fourth-order valence-electron chi connectivity index (χ4n) is 1.75. The highest BCUT2D eigenvalue weighted by molar-refractivity contribution is 8.00. The molecule has 0 fully saturated rings. The van der Waals surface area contributed by atoms with E-state index in [2.05, 4.69) is 64.2 Å². The van der Waals surface area contributed by atoms with E-state index in [-0.39, 0.29) is 0 Å². The lowest BCUT2D eigenvalue weighted by atomic mass is 10.1. The average molecular weight is 265 g/mol. The molecular formula is C16H27NS. The first-order chi connectivity index (χ1) is 8.56. The van der Waals surface area contributed by atoms with Gasteiger partial charge in [-0.15, -0.1) is 11.8 Å². The highest BCUT2D eigenvalue weighted by Gasteiger charge is 2.14. The van der Waals surface area contributed by atoms with E-state index in [4.69, 9.17) is 0 Å². The van der Waals surface area contributed by atoms with Crippen molar-refractivity contribution in [3.63, 3.8) is 0 Å². The van der Waals surface area contributed by atoms with Crippen LogP contribution in [0.2, 0.25) is 0 Å². The van der Waals surface area contributed by atoms with Crippen LogP contribution in [0, 0.1) is 5.92 Å². The van der Waals surface area contributed by atoms with Crippen molar-refractivity contribution in [3.05, 3.63) is 29.8 Å². The van der Waals surface area contributed by atoms with Gasteiger partial charge in [0.1, 0.15) is 0 Å². The molecule has 0 heterocycles. The first-order valence-corrected chi connectivity index (χ1v) is 7.93. The third kappa shape index (κ3) is 4.66. The van der Waals surface area contributed by atoms with E-state index < -0.39 is 0 Å². The molecule has 0 aromatic heterocycles. The van der Waals surface area contributed by atoms with E-state index in [0.29, 0.717) is 17.2 Å². The topological polar surface area (TPSA) is 12.0 Å². The van der Waals surface area contributed by atoms with Crippen LogP contribution in [-0.4, -0.2) is 11.8 Å². The Morgan fingerprint density at radius 1 is 1.11 bits per heavy atom. The summed E-state index contributed by atoms with van der Waals surface area (Å²) in [5.74, 6) is 0.710. The lowest BCUT2D eigenvalue weighted by Gasteiger charge is -2.21. The normalized spacial score (nSPS) is 14.8. The van der Waals surface area contributed by atoms with Gasteiger partial charge in [0, 0.05) is 16.2 Å². The smallest absolute Gasteiger partial charge is 0.0302 e. The molecule has 2 heteroatoms. The van der Waals surface area contributed by atoms with Crippen LogP contribution in [0.5, 0.6) is 0 Å². The summed E-state index contributed by atoms with van der Waals surface area (Å²) in [5, 5.41) is 4.24. The lowest BCUT2D eigenvalue weighted by molar-refractivity contribution is 0.563. The van der Waals surface area contributed by atoms with E-state index >= 15 is 0 Å². The number of hydrogen-bond acceptors (Lipinski definition) is 2. The predicted octanol–water partition coefficient (Wildman–Crippen LogP) is 4.88. The molecule has 102 valence electrons. The van der Waals surface area contributed by atoms with Crippen LogP contribution < -0.4 is 5.32 Å². The van der Waals surface area contributed by atoms with Crippen molar-refractivity contribution in [2.24, 2.45) is 5.92 Å². The number of benzene rings is 1. The first-order valence-electron chi connectivity index (χ1n) is 7.05. The summed E-state index contributed by atoms with van der Waals surface area (Å²) in [4.78, 5) is 1.43. The minimum absolute atomic E-state index is 0.438. The van der Waals surface area contributed by atoms with Gasteiger partial charge in [0.15, 0.2) is 0 Å². The maximum absolute atomic E-state index is 3.58. The van der Waals surface area contributed by atoms with Gasteiger partial charge in [-0.05, 0) is 37.4 Å². The van der Waals surface area contributed by atoms with Gasteiger partial charge in [-0.3, -0.25) is 0 Å². The Hall–Kier alpha value is -0.470. The van der Waals surface area contributed by atoms with Crippen LogP contribution in [0.25, 0.3) is 0 Å². The summed E-state index contributed by atoms with van der Waals surface area (Å²) in [6.07, 6.45) is 1.18. The summed E-state index contributed by atoms with van der Waals surface area (Å²) in [6.45, 7) is 12.4. The maximum atomic E-state index is 3.58. The number of rotatable bonds is 7.